The smallest absolute Gasteiger partial charge is 0.317 e. The van der Waals surface area contributed by atoms with Crippen molar-refractivity contribution in [1.29, 1.82) is 0 Å². The van der Waals surface area contributed by atoms with Crippen LogP contribution in [0.15, 0.2) is 30.3 Å². The van der Waals surface area contributed by atoms with Gasteiger partial charge < -0.3 is 15.3 Å². The summed E-state index contributed by atoms with van der Waals surface area (Å²) >= 11 is 0. The van der Waals surface area contributed by atoms with E-state index in [1.165, 1.54) is 4.90 Å². The Kier molecular flexibility index (Phi) is 5.17. The molecule has 1 atom stereocenters. The molecule has 98 valence electrons. The highest BCUT2D eigenvalue weighted by molar-refractivity contribution is 5.75. The zero-order valence-corrected chi connectivity index (χ0v) is 10.6. The van der Waals surface area contributed by atoms with Gasteiger partial charge in [-0.2, -0.15) is 0 Å². The third-order valence-corrected chi connectivity index (χ3v) is 2.65. The van der Waals surface area contributed by atoms with Crippen LogP contribution < -0.4 is 5.32 Å². The zero-order chi connectivity index (χ0) is 13.5. The van der Waals surface area contributed by atoms with Crippen molar-refractivity contribution in [1.82, 2.24) is 10.2 Å². The van der Waals surface area contributed by atoms with Crippen LogP contribution in [0.3, 0.4) is 0 Å². The number of benzene rings is 1. The van der Waals surface area contributed by atoms with Gasteiger partial charge >= 0.3 is 12.0 Å². The average Bonchev–Trinajstić information content (AvgIpc) is 2.36. The fourth-order valence-electron chi connectivity index (χ4n) is 1.49. The van der Waals surface area contributed by atoms with E-state index in [0.29, 0.717) is 0 Å². The molecule has 0 aliphatic rings. The maximum atomic E-state index is 11.8. The monoisotopic (exact) mass is 250 g/mol. The second-order valence-corrected chi connectivity index (χ2v) is 4.15. The van der Waals surface area contributed by atoms with Crippen LogP contribution in [0.4, 0.5) is 4.79 Å². The Hall–Kier alpha value is -2.04. The summed E-state index contributed by atoms with van der Waals surface area (Å²) in [5.41, 5.74) is 1.01. The molecule has 0 aromatic heterocycles. The van der Waals surface area contributed by atoms with E-state index in [0.717, 1.165) is 5.56 Å². The minimum absolute atomic E-state index is 0.0519. The molecule has 18 heavy (non-hydrogen) atoms. The van der Waals surface area contributed by atoms with Crippen LogP contribution in [0.25, 0.3) is 0 Å². The van der Waals surface area contributed by atoms with Crippen LogP contribution in [0.2, 0.25) is 0 Å². The molecule has 0 heterocycles. The first kappa shape index (κ1) is 14.0. The van der Waals surface area contributed by atoms with E-state index in [9.17, 15) is 9.59 Å². The summed E-state index contributed by atoms with van der Waals surface area (Å²) in [5, 5.41) is 11.4. The fourth-order valence-corrected chi connectivity index (χ4v) is 1.49. The standard InChI is InChI=1S/C13H18N2O3/c1-10(11-6-4-3-5-7-11)14-13(18)15(2)9-8-12(16)17/h3-7,10H,8-9H2,1-2H3,(H,14,18)(H,16,17). The second-order valence-electron chi connectivity index (χ2n) is 4.15. The number of carbonyl (C=O) groups is 2. The summed E-state index contributed by atoms with van der Waals surface area (Å²) in [6.07, 6.45) is -0.0519. The van der Waals surface area contributed by atoms with E-state index < -0.39 is 5.97 Å². The van der Waals surface area contributed by atoms with Crippen molar-refractivity contribution in [2.24, 2.45) is 0 Å². The molecule has 0 radical (unpaired) electrons. The molecule has 0 spiro atoms. The molecule has 0 fully saturated rings. The van der Waals surface area contributed by atoms with Gasteiger partial charge in [-0.3, -0.25) is 4.79 Å². The molecule has 2 N–H and O–H groups in total. The van der Waals surface area contributed by atoms with Crippen molar-refractivity contribution >= 4 is 12.0 Å². The van der Waals surface area contributed by atoms with Gasteiger partial charge in [0.05, 0.1) is 12.5 Å². The molecule has 2 amide bonds. The van der Waals surface area contributed by atoms with Crippen LogP contribution in [0.5, 0.6) is 0 Å². The Labute approximate surface area is 106 Å². The van der Waals surface area contributed by atoms with E-state index in [1.54, 1.807) is 7.05 Å². The van der Waals surface area contributed by atoms with Gasteiger partial charge in [0.2, 0.25) is 0 Å². The van der Waals surface area contributed by atoms with Gasteiger partial charge in [-0.25, -0.2) is 4.79 Å². The minimum Gasteiger partial charge on any atom is -0.481 e. The number of nitrogens with one attached hydrogen (secondary N) is 1. The maximum absolute atomic E-state index is 11.8. The van der Waals surface area contributed by atoms with E-state index in [1.807, 2.05) is 37.3 Å². The van der Waals surface area contributed by atoms with E-state index in [-0.39, 0.29) is 25.0 Å². The van der Waals surface area contributed by atoms with Crippen LogP contribution in [-0.4, -0.2) is 35.6 Å². The first-order valence-corrected chi connectivity index (χ1v) is 5.79. The molecule has 1 rings (SSSR count). The number of amides is 2. The van der Waals surface area contributed by atoms with Crippen molar-refractivity contribution in [3.05, 3.63) is 35.9 Å². The number of rotatable bonds is 5. The zero-order valence-electron chi connectivity index (χ0n) is 10.6. The van der Waals surface area contributed by atoms with Crippen LogP contribution in [-0.2, 0) is 4.79 Å². The average molecular weight is 250 g/mol. The molecular weight excluding hydrogens is 232 g/mol. The van der Waals surface area contributed by atoms with Gasteiger partial charge in [0.15, 0.2) is 0 Å². The van der Waals surface area contributed by atoms with Gasteiger partial charge in [-0.15, -0.1) is 0 Å². The number of nitrogens with zero attached hydrogens (tertiary/aromatic N) is 1. The van der Waals surface area contributed by atoms with Crippen molar-refractivity contribution in [2.75, 3.05) is 13.6 Å². The van der Waals surface area contributed by atoms with Gasteiger partial charge in [0.1, 0.15) is 0 Å². The summed E-state index contributed by atoms with van der Waals surface area (Å²) < 4.78 is 0. The highest BCUT2D eigenvalue weighted by Crippen LogP contribution is 2.11. The van der Waals surface area contributed by atoms with Crippen LogP contribution >= 0.6 is 0 Å². The van der Waals surface area contributed by atoms with Crippen molar-refractivity contribution in [3.63, 3.8) is 0 Å². The van der Waals surface area contributed by atoms with Gasteiger partial charge in [-0.05, 0) is 12.5 Å². The maximum Gasteiger partial charge on any atom is 0.317 e. The summed E-state index contributed by atoms with van der Waals surface area (Å²) in [5.74, 6) is -0.911. The Morgan fingerprint density at radius 2 is 1.94 bits per heavy atom. The first-order valence-electron chi connectivity index (χ1n) is 5.79. The van der Waals surface area contributed by atoms with Gasteiger partial charge in [-0.1, -0.05) is 30.3 Å². The quantitative estimate of drug-likeness (QED) is 0.838. The predicted molar refractivity (Wildman–Crippen MR) is 68.3 cm³/mol. The number of carbonyl (C=O) groups excluding carboxylic acids is 1. The lowest BCUT2D eigenvalue weighted by molar-refractivity contribution is -0.137. The SMILES string of the molecule is CC(NC(=O)N(C)CCC(=O)O)c1ccccc1. The Balaban J connectivity index is 2.46. The lowest BCUT2D eigenvalue weighted by atomic mass is 10.1. The summed E-state index contributed by atoms with van der Waals surface area (Å²) in [6.45, 7) is 2.08. The van der Waals surface area contributed by atoms with E-state index in [2.05, 4.69) is 5.32 Å². The molecule has 0 bridgehead atoms. The number of carboxylic acid groups (broad SMARTS) is 1. The summed E-state index contributed by atoms with van der Waals surface area (Å²) in [7, 11) is 1.58. The molecule has 5 heteroatoms. The Morgan fingerprint density at radius 3 is 2.50 bits per heavy atom. The predicted octanol–water partition coefficient (Wildman–Crippen LogP) is 1.86. The molecule has 0 aliphatic carbocycles. The number of aliphatic carboxylic acids is 1. The third kappa shape index (κ3) is 4.45. The van der Waals surface area contributed by atoms with Gasteiger partial charge in [0.25, 0.3) is 0 Å². The van der Waals surface area contributed by atoms with Crippen molar-refractivity contribution in [2.45, 2.75) is 19.4 Å². The van der Waals surface area contributed by atoms with E-state index in [4.69, 9.17) is 5.11 Å². The molecular formula is C13H18N2O3. The van der Waals surface area contributed by atoms with Crippen LogP contribution in [0, 0.1) is 0 Å². The highest BCUT2D eigenvalue weighted by atomic mass is 16.4. The number of hydrogen-bond acceptors (Lipinski definition) is 2. The normalized spacial score (nSPS) is 11.7. The van der Waals surface area contributed by atoms with Crippen molar-refractivity contribution < 1.29 is 14.7 Å². The number of carboxylic acids is 1. The number of urea groups is 1. The molecule has 0 aliphatic heterocycles. The highest BCUT2D eigenvalue weighted by Gasteiger charge is 2.13. The molecule has 1 aromatic carbocycles. The summed E-state index contributed by atoms with van der Waals surface area (Å²) in [4.78, 5) is 23.5. The largest absolute Gasteiger partial charge is 0.481 e. The minimum atomic E-state index is -0.911. The van der Waals surface area contributed by atoms with E-state index >= 15 is 0 Å². The van der Waals surface area contributed by atoms with Gasteiger partial charge in [0, 0.05) is 13.6 Å². The third-order valence-electron chi connectivity index (χ3n) is 2.65. The fraction of sp³-hybridized carbons (Fsp3) is 0.385. The molecule has 1 unspecified atom stereocenters. The van der Waals surface area contributed by atoms with Crippen LogP contribution in [0.1, 0.15) is 24.9 Å². The Bertz CT molecular complexity index is 406. The number of hydrogen-bond donors (Lipinski definition) is 2. The molecule has 5 nitrogen and oxygen atoms in total. The molecule has 0 saturated heterocycles. The van der Waals surface area contributed by atoms with Crippen molar-refractivity contribution in [3.8, 4) is 0 Å². The lowest BCUT2D eigenvalue weighted by Gasteiger charge is -2.21. The summed E-state index contributed by atoms with van der Waals surface area (Å²) in [6, 6.07) is 9.22. The Morgan fingerprint density at radius 1 is 1.33 bits per heavy atom. The first-order chi connectivity index (χ1) is 8.50. The molecule has 1 aromatic rings. The molecule has 0 saturated carbocycles. The second kappa shape index (κ2) is 6.64. The lowest BCUT2D eigenvalue weighted by Crippen LogP contribution is -2.39. The topological polar surface area (TPSA) is 69.6 Å².